The molecule has 112 valence electrons. The van der Waals surface area contributed by atoms with Gasteiger partial charge in [0.2, 0.25) is 6.10 Å². The number of carbonyl (C=O) groups excluding carboxylic acids is 1. The third-order valence-corrected chi connectivity index (χ3v) is 3.52. The Bertz CT molecular complexity index is 556. The normalized spacial score (nSPS) is 24.9. The lowest BCUT2D eigenvalue weighted by Crippen LogP contribution is -2.54. The molecule has 0 spiro atoms. The van der Waals surface area contributed by atoms with E-state index in [1.54, 1.807) is 24.3 Å². The van der Waals surface area contributed by atoms with E-state index in [-0.39, 0.29) is 12.5 Å². The number of aliphatic carboxylic acids is 1. The number of carboxylic acids is 1. The number of amides is 1. The number of para-hydroxylation sites is 2. The molecule has 0 bridgehead atoms. The van der Waals surface area contributed by atoms with E-state index in [9.17, 15) is 9.59 Å². The van der Waals surface area contributed by atoms with Gasteiger partial charge < -0.3 is 24.8 Å². The highest BCUT2D eigenvalue weighted by Gasteiger charge is 2.37. The molecule has 2 atom stereocenters. The van der Waals surface area contributed by atoms with E-state index in [2.05, 4.69) is 5.32 Å². The molecular formula is C14H16N2O5. The molecule has 0 aromatic heterocycles. The standard InChI is InChI=1S/C14H16N2O5/c17-13(11-7-15-5-6-20-11)16-8-12(14(18)19)21-10-4-2-1-3-9(10)16/h1-4,11-12,15H,5-8H2,(H,18,19). The van der Waals surface area contributed by atoms with Gasteiger partial charge in [-0.2, -0.15) is 0 Å². The SMILES string of the molecule is O=C(O)C1CN(C(=O)C2CNCCO2)c2ccccc2O1. The van der Waals surface area contributed by atoms with E-state index in [1.165, 1.54) is 4.90 Å². The number of morpholine rings is 1. The summed E-state index contributed by atoms with van der Waals surface area (Å²) in [5, 5.41) is 12.3. The quantitative estimate of drug-likeness (QED) is 0.788. The summed E-state index contributed by atoms with van der Waals surface area (Å²) in [5.74, 6) is -0.942. The zero-order chi connectivity index (χ0) is 14.8. The molecule has 1 saturated heterocycles. The van der Waals surface area contributed by atoms with Gasteiger partial charge in [0.1, 0.15) is 11.9 Å². The van der Waals surface area contributed by atoms with Crippen LogP contribution in [0.4, 0.5) is 5.69 Å². The molecule has 1 fully saturated rings. The number of rotatable bonds is 2. The van der Waals surface area contributed by atoms with Crippen LogP contribution in [0.1, 0.15) is 0 Å². The maximum atomic E-state index is 12.6. The highest BCUT2D eigenvalue weighted by Crippen LogP contribution is 2.33. The molecule has 0 saturated carbocycles. The van der Waals surface area contributed by atoms with Crippen LogP contribution in [0.5, 0.6) is 5.75 Å². The highest BCUT2D eigenvalue weighted by molar-refractivity contribution is 5.99. The molecule has 2 aliphatic heterocycles. The van der Waals surface area contributed by atoms with Crippen molar-refractivity contribution in [2.45, 2.75) is 12.2 Å². The minimum atomic E-state index is -1.09. The summed E-state index contributed by atoms with van der Waals surface area (Å²) in [7, 11) is 0. The fraction of sp³-hybridized carbons (Fsp3) is 0.429. The largest absolute Gasteiger partial charge is 0.478 e. The number of benzene rings is 1. The lowest BCUT2D eigenvalue weighted by atomic mass is 10.1. The van der Waals surface area contributed by atoms with Crippen molar-refractivity contribution >= 4 is 17.6 Å². The van der Waals surface area contributed by atoms with Crippen LogP contribution >= 0.6 is 0 Å². The Morgan fingerprint density at radius 2 is 2.10 bits per heavy atom. The van der Waals surface area contributed by atoms with Crippen LogP contribution in [-0.2, 0) is 14.3 Å². The van der Waals surface area contributed by atoms with E-state index in [0.29, 0.717) is 31.1 Å². The van der Waals surface area contributed by atoms with Gasteiger partial charge in [-0.15, -0.1) is 0 Å². The number of carbonyl (C=O) groups is 2. The number of ether oxygens (including phenoxy) is 2. The van der Waals surface area contributed by atoms with Gasteiger partial charge >= 0.3 is 5.97 Å². The molecule has 3 rings (SSSR count). The molecule has 2 heterocycles. The minimum Gasteiger partial charge on any atom is -0.478 e. The average molecular weight is 292 g/mol. The second-order valence-electron chi connectivity index (χ2n) is 4.92. The van der Waals surface area contributed by atoms with Crippen molar-refractivity contribution < 1.29 is 24.2 Å². The Labute approximate surface area is 121 Å². The molecule has 2 aliphatic rings. The fourth-order valence-corrected chi connectivity index (χ4v) is 2.47. The summed E-state index contributed by atoms with van der Waals surface area (Å²) in [6.45, 7) is 1.58. The van der Waals surface area contributed by atoms with E-state index in [4.69, 9.17) is 14.6 Å². The molecule has 7 nitrogen and oxygen atoms in total. The van der Waals surface area contributed by atoms with Gasteiger partial charge in [-0.3, -0.25) is 4.79 Å². The number of nitrogens with one attached hydrogen (secondary N) is 1. The lowest BCUT2D eigenvalue weighted by Gasteiger charge is -2.35. The van der Waals surface area contributed by atoms with E-state index in [0.717, 1.165) is 0 Å². The number of carboxylic acid groups (broad SMARTS) is 1. The average Bonchev–Trinajstić information content (AvgIpc) is 2.54. The molecule has 1 aromatic carbocycles. The first-order chi connectivity index (χ1) is 10.2. The number of nitrogens with zero attached hydrogens (tertiary/aromatic N) is 1. The highest BCUT2D eigenvalue weighted by atomic mass is 16.5. The maximum Gasteiger partial charge on any atom is 0.346 e. The van der Waals surface area contributed by atoms with Gasteiger partial charge in [0, 0.05) is 13.1 Å². The summed E-state index contributed by atoms with van der Waals surface area (Å²) in [5.41, 5.74) is 0.578. The van der Waals surface area contributed by atoms with Crippen molar-refractivity contribution in [3.63, 3.8) is 0 Å². The molecule has 1 aromatic rings. The first kappa shape index (κ1) is 13.8. The van der Waals surface area contributed by atoms with Crippen molar-refractivity contribution in [2.75, 3.05) is 31.1 Å². The number of hydrogen-bond donors (Lipinski definition) is 2. The van der Waals surface area contributed by atoms with Gasteiger partial charge in [-0.1, -0.05) is 12.1 Å². The predicted octanol–water partition coefficient (Wildman–Crippen LogP) is -0.146. The summed E-state index contributed by atoms with van der Waals surface area (Å²) >= 11 is 0. The maximum absolute atomic E-state index is 12.6. The summed E-state index contributed by atoms with van der Waals surface area (Å²) < 4.78 is 10.9. The number of anilines is 1. The molecular weight excluding hydrogens is 276 g/mol. The molecule has 7 heteroatoms. The van der Waals surface area contributed by atoms with E-state index < -0.39 is 18.2 Å². The molecule has 2 unspecified atom stereocenters. The number of fused-ring (bicyclic) bond motifs is 1. The van der Waals surface area contributed by atoms with Crippen molar-refractivity contribution in [1.82, 2.24) is 5.32 Å². The summed E-state index contributed by atoms with van der Waals surface area (Å²) in [6.07, 6.45) is -1.67. The summed E-state index contributed by atoms with van der Waals surface area (Å²) in [6, 6.07) is 6.92. The topological polar surface area (TPSA) is 88.1 Å². The molecule has 21 heavy (non-hydrogen) atoms. The van der Waals surface area contributed by atoms with Crippen molar-refractivity contribution in [3.8, 4) is 5.75 Å². The van der Waals surface area contributed by atoms with Crippen molar-refractivity contribution in [3.05, 3.63) is 24.3 Å². The molecule has 0 aliphatic carbocycles. The summed E-state index contributed by atoms with van der Waals surface area (Å²) in [4.78, 5) is 25.2. The van der Waals surface area contributed by atoms with Crippen LogP contribution in [-0.4, -0.2) is 55.4 Å². The van der Waals surface area contributed by atoms with Crippen LogP contribution in [0.3, 0.4) is 0 Å². The van der Waals surface area contributed by atoms with Gasteiger partial charge in [-0.25, -0.2) is 4.79 Å². The Balaban J connectivity index is 1.88. The second-order valence-corrected chi connectivity index (χ2v) is 4.92. The van der Waals surface area contributed by atoms with Crippen LogP contribution in [0.2, 0.25) is 0 Å². The Hall–Kier alpha value is -2.12. The smallest absolute Gasteiger partial charge is 0.346 e. The molecule has 0 radical (unpaired) electrons. The Kier molecular flexibility index (Phi) is 3.76. The molecule has 2 N–H and O–H groups in total. The Morgan fingerprint density at radius 3 is 2.81 bits per heavy atom. The van der Waals surface area contributed by atoms with Crippen LogP contribution in [0, 0.1) is 0 Å². The predicted molar refractivity (Wildman–Crippen MR) is 73.5 cm³/mol. The zero-order valence-corrected chi connectivity index (χ0v) is 11.3. The van der Waals surface area contributed by atoms with Crippen molar-refractivity contribution in [1.29, 1.82) is 0 Å². The van der Waals surface area contributed by atoms with Crippen LogP contribution < -0.4 is 15.0 Å². The van der Waals surface area contributed by atoms with Gasteiger partial charge in [0.15, 0.2) is 0 Å². The third-order valence-electron chi connectivity index (χ3n) is 3.52. The second kappa shape index (κ2) is 5.71. The van der Waals surface area contributed by atoms with Crippen LogP contribution in [0.15, 0.2) is 24.3 Å². The Morgan fingerprint density at radius 1 is 1.29 bits per heavy atom. The first-order valence-corrected chi connectivity index (χ1v) is 6.79. The number of hydrogen-bond acceptors (Lipinski definition) is 5. The minimum absolute atomic E-state index is 0.0228. The lowest BCUT2D eigenvalue weighted by molar-refractivity contribution is -0.145. The van der Waals surface area contributed by atoms with Crippen molar-refractivity contribution in [2.24, 2.45) is 0 Å². The fourth-order valence-electron chi connectivity index (χ4n) is 2.47. The zero-order valence-electron chi connectivity index (χ0n) is 11.3. The third kappa shape index (κ3) is 2.70. The van der Waals surface area contributed by atoms with Gasteiger partial charge in [0.05, 0.1) is 18.8 Å². The van der Waals surface area contributed by atoms with E-state index >= 15 is 0 Å². The monoisotopic (exact) mass is 292 g/mol. The van der Waals surface area contributed by atoms with Crippen LogP contribution in [0.25, 0.3) is 0 Å². The van der Waals surface area contributed by atoms with Gasteiger partial charge in [0.25, 0.3) is 5.91 Å². The molecule has 1 amide bonds. The van der Waals surface area contributed by atoms with Gasteiger partial charge in [-0.05, 0) is 12.1 Å². The first-order valence-electron chi connectivity index (χ1n) is 6.79. The van der Waals surface area contributed by atoms with E-state index in [1.807, 2.05) is 0 Å².